The van der Waals surface area contributed by atoms with Crippen molar-refractivity contribution in [3.63, 3.8) is 0 Å². The first-order chi connectivity index (χ1) is 8.17. The molecule has 0 heterocycles. The van der Waals surface area contributed by atoms with Gasteiger partial charge in [0.2, 0.25) is 5.91 Å². The number of carbonyl (C=O) groups is 2. The third-order valence-corrected chi connectivity index (χ3v) is 2.41. The Labute approximate surface area is 108 Å². The Bertz CT molecular complexity index is 339. The molecule has 0 radical (unpaired) electrons. The number of hydrogen-bond acceptors (Lipinski definition) is 3. The summed E-state index contributed by atoms with van der Waals surface area (Å²) in [6.07, 6.45) is 5.67. The van der Waals surface area contributed by atoms with Crippen molar-refractivity contribution in [3.8, 4) is 12.3 Å². The fourth-order valence-electron chi connectivity index (χ4n) is 1.56. The molecule has 5 heteroatoms. The van der Waals surface area contributed by atoms with Gasteiger partial charge in [-0.15, -0.1) is 12.3 Å². The molecular weight excluding hydrogens is 232 g/mol. The van der Waals surface area contributed by atoms with Crippen LogP contribution in [0.15, 0.2) is 0 Å². The molecule has 0 aliphatic heterocycles. The number of terminal acetylenes is 1. The third-order valence-electron chi connectivity index (χ3n) is 2.41. The van der Waals surface area contributed by atoms with Crippen LogP contribution in [0.5, 0.6) is 0 Å². The molecule has 0 saturated heterocycles. The second kappa shape index (κ2) is 7.02. The smallest absolute Gasteiger partial charge is 0.308 e. The van der Waals surface area contributed by atoms with Gasteiger partial charge in [0.05, 0.1) is 12.0 Å². The van der Waals surface area contributed by atoms with Gasteiger partial charge in [0.15, 0.2) is 0 Å². The van der Waals surface area contributed by atoms with E-state index < -0.39 is 23.8 Å². The first kappa shape index (κ1) is 16.5. The van der Waals surface area contributed by atoms with E-state index in [4.69, 9.17) is 17.3 Å². The number of carbonyl (C=O) groups excluding carboxylic acids is 1. The van der Waals surface area contributed by atoms with Gasteiger partial charge >= 0.3 is 5.97 Å². The number of hydrogen-bond donors (Lipinski definition) is 3. The zero-order chi connectivity index (χ0) is 14.3. The van der Waals surface area contributed by atoms with Crippen molar-refractivity contribution >= 4 is 11.9 Å². The monoisotopic (exact) mass is 254 g/mol. The lowest BCUT2D eigenvalue weighted by atomic mass is 9.84. The molecule has 4 N–H and O–H groups in total. The largest absolute Gasteiger partial charge is 0.481 e. The molecule has 18 heavy (non-hydrogen) atoms. The van der Waals surface area contributed by atoms with Crippen LogP contribution in [0.2, 0.25) is 0 Å². The number of rotatable bonds is 6. The molecule has 0 bridgehead atoms. The third kappa shape index (κ3) is 6.92. The molecule has 0 saturated carbocycles. The summed E-state index contributed by atoms with van der Waals surface area (Å²) in [7, 11) is 0. The van der Waals surface area contributed by atoms with Crippen LogP contribution < -0.4 is 11.1 Å². The van der Waals surface area contributed by atoms with Gasteiger partial charge in [0, 0.05) is 13.0 Å². The topological polar surface area (TPSA) is 92.4 Å². The number of carboxylic acid groups (broad SMARTS) is 1. The Morgan fingerprint density at radius 1 is 1.44 bits per heavy atom. The summed E-state index contributed by atoms with van der Waals surface area (Å²) in [6.45, 7) is 5.93. The zero-order valence-electron chi connectivity index (χ0n) is 11.2. The molecule has 0 spiro atoms. The molecule has 0 aromatic rings. The maximum absolute atomic E-state index is 11.5. The minimum atomic E-state index is -0.921. The molecule has 2 unspecified atom stereocenters. The lowest BCUT2D eigenvalue weighted by Crippen LogP contribution is -2.43. The van der Waals surface area contributed by atoms with Crippen LogP contribution >= 0.6 is 0 Å². The lowest BCUT2D eigenvalue weighted by molar-refractivity contribution is -0.142. The van der Waals surface area contributed by atoms with E-state index in [0.29, 0.717) is 6.42 Å². The van der Waals surface area contributed by atoms with Gasteiger partial charge in [0.1, 0.15) is 0 Å². The number of nitrogens with two attached hydrogens (primary N) is 1. The van der Waals surface area contributed by atoms with E-state index in [0.717, 1.165) is 0 Å². The van der Waals surface area contributed by atoms with Crippen molar-refractivity contribution in [2.75, 3.05) is 6.54 Å². The Hall–Kier alpha value is -1.54. The second-order valence-electron chi connectivity index (χ2n) is 5.56. The van der Waals surface area contributed by atoms with E-state index in [2.05, 4.69) is 11.2 Å². The fraction of sp³-hybridized carbons (Fsp3) is 0.692. The minimum Gasteiger partial charge on any atom is -0.481 e. The highest BCUT2D eigenvalue weighted by atomic mass is 16.4. The Kier molecular flexibility index (Phi) is 6.42. The van der Waals surface area contributed by atoms with Gasteiger partial charge in [-0.2, -0.15) is 0 Å². The van der Waals surface area contributed by atoms with Gasteiger partial charge in [-0.25, -0.2) is 0 Å². The van der Waals surface area contributed by atoms with E-state index in [1.54, 1.807) is 0 Å². The number of carboxylic acids is 1. The predicted octanol–water partition coefficient (Wildman–Crippen LogP) is 0.590. The van der Waals surface area contributed by atoms with Crippen LogP contribution in [-0.4, -0.2) is 29.6 Å². The molecule has 0 aliphatic rings. The van der Waals surface area contributed by atoms with Crippen molar-refractivity contribution in [3.05, 3.63) is 0 Å². The van der Waals surface area contributed by atoms with Crippen LogP contribution in [-0.2, 0) is 9.59 Å². The normalized spacial score (nSPS) is 14.4. The van der Waals surface area contributed by atoms with Gasteiger partial charge in [-0.05, 0) is 11.8 Å². The quantitative estimate of drug-likeness (QED) is 0.605. The van der Waals surface area contributed by atoms with E-state index in [1.807, 2.05) is 20.8 Å². The average molecular weight is 254 g/mol. The minimum absolute atomic E-state index is 0.0731. The number of aliphatic carboxylic acids is 1. The van der Waals surface area contributed by atoms with Crippen molar-refractivity contribution in [1.82, 2.24) is 5.32 Å². The molecule has 102 valence electrons. The van der Waals surface area contributed by atoms with Gasteiger partial charge in [-0.1, -0.05) is 20.8 Å². The van der Waals surface area contributed by atoms with E-state index in [9.17, 15) is 9.59 Å². The van der Waals surface area contributed by atoms with Crippen LogP contribution in [0.25, 0.3) is 0 Å². The Morgan fingerprint density at radius 2 is 2.00 bits per heavy atom. The molecule has 5 nitrogen and oxygen atoms in total. The number of amides is 1. The molecule has 0 aromatic heterocycles. The molecule has 1 amide bonds. The Morgan fingerprint density at radius 3 is 2.39 bits per heavy atom. The first-order valence-corrected chi connectivity index (χ1v) is 5.87. The van der Waals surface area contributed by atoms with Gasteiger partial charge in [0.25, 0.3) is 0 Å². The van der Waals surface area contributed by atoms with Crippen LogP contribution in [0, 0.1) is 23.7 Å². The van der Waals surface area contributed by atoms with Crippen LogP contribution in [0.3, 0.4) is 0 Å². The summed E-state index contributed by atoms with van der Waals surface area (Å²) in [6, 6.07) is -0.779. The standard InChI is InChI=1S/C13H22N2O3/c1-5-6-10(14)11(16)15-8-9(12(17)18)7-13(2,3)4/h1,9-10H,6-8,14H2,2-4H3,(H,15,16)(H,17,18). The molecule has 0 aliphatic carbocycles. The van der Waals surface area contributed by atoms with E-state index in [-0.39, 0.29) is 18.4 Å². The van der Waals surface area contributed by atoms with Crippen molar-refractivity contribution < 1.29 is 14.7 Å². The molecule has 2 atom stereocenters. The first-order valence-electron chi connectivity index (χ1n) is 5.87. The maximum Gasteiger partial charge on any atom is 0.308 e. The molecule has 0 fully saturated rings. The second-order valence-corrected chi connectivity index (χ2v) is 5.56. The van der Waals surface area contributed by atoms with E-state index >= 15 is 0 Å². The van der Waals surface area contributed by atoms with Crippen molar-refractivity contribution in [2.45, 2.75) is 39.7 Å². The highest BCUT2D eigenvalue weighted by Crippen LogP contribution is 2.24. The molecule has 0 rings (SSSR count). The van der Waals surface area contributed by atoms with Crippen LogP contribution in [0.1, 0.15) is 33.6 Å². The zero-order valence-corrected chi connectivity index (χ0v) is 11.2. The summed E-state index contributed by atoms with van der Waals surface area (Å²) in [5, 5.41) is 11.6. The van der Waals surface area contributed by atoms with Crippen LogP contribution in [0.4, 0.5) is 0 Å². The average Bonchev–Trinajstić information content (AvgIpc) is 2.22. The summed E-state index contributed by atoms with van der Waals surface area (Å²) in [5.74, 6) is 0.347. The van der Waals surface area contributed by atoms with E-state index in [1.165, 1.54) is 0 Å². The van der Waals surface area contributed by atoms with Gasteiger partial charge < -0.3 is 16.2 Å². The Balaban J connectivity index is 4.33. The van der Waals surface area contributed by atoms with Gasteiger partial charge in [-0.3, -0.25) is 9.59 Å². The molecule has 0 aromatic carbocycles. The van der Waals surface area contributed by atoms with Crippen molar-refractivity contribution in [2.24, 2.45) is 17.1 Å². The fourth-order valence-corrected chi connectivity index (χ4v) is 1.56. The number of nitrogens with one attached hydrogen (secondary N) is 1. The molecular formula is C13H22N2O3. The van der Waals surface area contributed by atoms with Crippen molar-refractivity contribution in [1.29, 1.82) is 0 Å². The summed E-state index contributed by atoms with van der Waals surface area (Å²) in [4.78, 5) is 22.6. The summed E-state index contributed by atoms with van der Waals surface area (Å²) in [5.41, 5.74) is 5.40. The summed E-state index contributed by atoms with van der Waals surface area (Å²) >= 11 is 0. The lowest BCUT2D eigenvalue weighted by Gasteiger charge is -2.23. The SMILES string of the molecule is C#CCC(N)C(=O)NCC(CC(C)(C)C)C(=O)O. The predicted molar refractivity (Wildman–Crippen MR) is 69.6 cm³/mol. The maximum atomic E-state index is 11.5. The highest BCUT2D eigenvalue weighted by Gasteiger charge is 2.25. The summed E-state index contributed by atoms with van der Waals surface area (Å²) < 4.78 is 0. The highest BCUT2D eigenvalue weighted by molar-refractivity contribution is 5.82.